The highest BCUT2D eigenvalue weighted by atomic mass is 32.2. The van der Waals surface area contributed by atoms with Gasteiger partial charge in [0, 0.05) is 30.8 Å². The van der Waals surface area contributed by atoms with Gasteiger partial charge in [0.2, 0.25) is 0 Å². The van der Waals surface area contributed by atoms with Gasteiger partial charge in [0.1, 0.15) is 5.75 Å². The van der Waals surface area contributed by atoms with E-state index in [1.54, 1.807) is 7.11 Å². The van der Waals surface area contributed by atoms with Crippen molar-refractivity contribution in [2.75, 3.05) is 38.3 Å². The van der Waals surface area contributed by atoms with E-state index in [0.717, 1.165) is 36.9 Å². The van der Waals surface area contributed by atoms with E-state index in [0.29, 0.717) is 5.41 Å². The van der Waals surface area contributed by atoms with Crippen LogP contribution >= 0.6 is 11.9 Å². The summed E-state index contributed by atoms with van der Waals surface area (Å²) in [7, 11) is 1.68. The Labute approximate surface area is 118 Å². The van der Waals surface area contributed by atoms with E-state index < -0.39 is 0 Å². The number of benzene rings is 1. The second kappa shape index (κ2) is 5.23. The lowest BCUT2D eigenvalue weighted by atomic mass is 9.87. The molecule has 1 spiro atoms. The van der Waals surface area contributed by atoms with Gasteiger partial charge in [-0.1, -0.05) is 0 Å². The van der Waals surface area contributed by atoms with Crippen molar-refractivity contribution in [3.8, 4) is 5.75 Å². The lowest BCUT2D eigenvalue weighted by Gasteiger charge is -2.24. The van der Waals surface area contributed by atoms with Gasteiger partial charge in [0.25, 0.3) is 0 Å². The second-order valence-electron chi connectivity index (χ2n) is 5.43. The molecule has 4 nitrogen and oxygen atoms in total. The highest BCUT2D eigenvalue weighted by molar-refractivity contribution is 7.97. The van der Waals surface area contributed by atoms with Gasteiger partial charge in [-0.15, -0.1) is 0 Å². The molecule has 2 N–H and O–H groups in total. The van der Waals surface area contributed by atoms with Gasteiger partial charge in [0.15, 0.2) is 0 Å². The Kier molecular flexibility index (Phi) is 3.60. The number of nitrogens with zero attached hydrogens (tertiary/aromatic N) is 1. The lowest BCUT2D eigenvalue weighted by molar-refractivity contribution is 0.160. The van der Waals surface area contributed by atoms with Crippen molar-refractivity contribution in [3.63, 3.8) is 0 Å². The van der Waals surface area contributed by atoms with Gasteiger partial charge < -0.3 is 14.4 Å². The van der Waals surface area contributed by atoms with Crippen molar-refractivity contribution in [2.24, 2.45) is 10.6 Å². The molecule has 2 aliphatic heterocycles. The largest absolute Gasteiger partial charge is 0.496 e. The minimum atomic E-state index is 0.385. The molecule has 1 unspecified atom stereocenters. The molecule has 1 aromatic rings. The maximum absolute atomic E-state index is 5.71. The second-order valence-corrected chi connectivity index (χ2v) is 6.10. The van der Waals surface area contributed by atoms with Crippen molar-refractivity contribution in [2.45, 2.75) is 17.7 Å². The summed E-state index contributed by atoms with van der Waals surface area (Å²) in [6, 6.07) is 6.24. The van der Waals surface area contributed by atoms with Crippen LogP contribution in [0.25, 0.3) is 0 Å². The Morgan fingerprint density at radius 2 is 2.32 bits per heavy atom. The van der Waals surface area contributed by atoms with Crippen LogP contribution in [-0.4, -0.2) is 33.4 Å². The van der Waals surface area contributed by atoms with Gasteiger partial charge in [-0.3, -0.25) is 5.14 Å². The van der Waals surface area contributed by atoms with E-state index in [1.165, 1.54) is 30.5 Å². The first-order valence-corrected chi connectivity index (χ1v) is 7.52. The Bertz CT molecular complexity index is 461. The normalized spacial score (nSPS) is 26.3. The van der Waals surface area contributed by atoms with Crippen LogP contribution in [0, 0.1) is 5.41 Å². The molecule has 0 radical (unpaired) electrons. The average Bonchev–Trinajstić information content (AvgIpc) is 3.09. The van der Waals surface area contributed by atoms with Crippen LogP contribution in [0.3, 0.4) is 0 Å². The standard InChI is InChI=1S/C14H20N2O2S/c1-17-12-3-2-11(8-13(12)19-15)16-6-4-14(9-16)5-7-18-10-14/h2-3,8H,4-7,9-10,15H2,1H3. The van der Waals surface area contributed by atoms with Gasteiger partial charge in [-0.05, 0) is 43.0 Å². The summed E-state index contributed by atoms with van der Waals surface area (Å²) in [5, 5.41) is 5.71. The molecule has 2 saturated heterocycles. The summed E-state index contributed by atoms with van der Waals surface area (Å²) in [6.07, 6.45) is 2.42. The SMILES string of the molecule is COc1ccc(N2CCC3(CCOC3)C2)cc1SN. The summed E-state index contributed by atoms with van der Waals surface area (Å²) in [5.41, 5.74) is 1.62. The van der Waals surface area contributed by atoms with E-state index in [1.807, 2.05) is 6.07 Å². The topological polar surface area (TPSA) is 47.7 Å². The summed E-state index contributed by atoms with van der Waals surface area (Å²) >= 11 is 1.24. The highest BCUT2D eigenvalue weighted by Crippen LogP contribution is 2.41. The third-order valence-corrected chi connectivity index (χ3v) is 4.84. The third kappa shape index (κ3) is 2.42. The van der Waals surface area contributed by atoms with Gasteiger partial charge in [0.05, 0.1) is 18.6 Å². The predicted molar refractivity (Wildman–Crippen MR) is 77.7 cm³/mol. The molecule has 5 heteroatoms. The van der Waals surface area contributed by atoms with Crippen molar-refractivity contribution in [1.82, 2.24) is 0 Å². The number of anilines is 1. The van der Waals surface area contributed by atoms with Crippen molar-refractivity contribution < 1.29 is 9.47 Å². The highest BCUT2D eigenvalue weighted by Gasteiger charge is 2.41. The molecule has 104 valence electrons. The third-order valence-electron chi connectivity index (χ3n) is 4.26. The molecule has 0 saturated carbocycles. The molecular formula is C14H20N2O2S. The number of rotatable bonds is 3. The number of nitrogens with two attached hydrogens (primary N) is 1. The van der Waals surface area contributed by atoms with E-state index >= 15 is 0 Å². The molecule has 19 heavy (non-hydrogen) atoms. The molecule has 1 aromatic carbocycles. The summed E-state index contributed by atoms with van der Waals surface area (Å²) in [4.78, 5) is 3.43. The monoisotopic (exact) mass is 280 g/mol. The maximum Gasteiger partial charge on any atom is 0.133 e. The zero-order valence-corrected chi connectivity index (χ0v) is 12.0. The van der Waals surface area contributed by atoms with Crippen molar-refractivity contribution in [1.29, 1.82) is 0 Å². The van der Waals surface area contributed by atoms with E-state index in [-0.39, 0.29) is 0 Å². The molecule has 1 atom stereocenters. The zero-order valence-electron chi connectivity index (χ0n) is 11.2. The van der Waals surface area contributed by atoms with E-state index in [4.69, 9.17) is 14.6 Å². The molecule has 3 rings (SSSR count). The summed E-state index contributed by atoms with van der Waals surface area (Å²) in [6.45, 7) is 4.02. The van der Waals surface area contributed by atoms with Crippen LogP contribution in [-0.2, 0) is 4.74 Å². The van der Waals surface area contributed by atoms with E-state index in [2.05, 4.69) is 17.0 Å². The number of methoxy groups -OCH3 is 1. The smallest absolute Gasteiger partial charge is 0.133 e. The molecule has 2 fully saturated rings. The molecule has 0 aliphatic carbocycles. The van der Waals surface area contributed by atoms with Crippen LogP contribution in [0.15, 0.2) is 23.1 Å². The quantitative estimate of drug-likeness (QED) is 0.861. The Morgan fingerprint density at radius 3 is 3.00 bits per heavy atom. The first-order chi connectivity index (χ1) is 9.26. The summed E-state index contributed by atoms with van der Waals surface area (Å²) < 4.78 is 10.9. The maximum atomic E-state index is 5.71. The minimum Gasteiger partial charge on any atom is -0.496 e. The Balaban J connectivity index is 1.79. The van der Waals surface area contributed by atoms with Crippen LogP contribution < -0.4 is 14.8 Å². The van der Waals surface area contributed by atoms with Gasteiger partial charge in [-0.25, -0.2) is 0 Å². The zero-order chi connectivity index (χ0) is 13.3. The predicted octanol–water partition coefficient (Wildman–Crippen LogP) is 2.28. The van der Waals surface area contributed by atoms with E-state index in [9.17, 15) is 0 Å². The molecule has 0 amide bonds. The van der Waals surface area contributed by atoms with Crippen LogP contribution in [0.2, 0.25) is 0 Å². The fourth-order valence-electron chi connectivity index (χ4n) is 3.08. The van der Waals surface area contributed by atoms with Gasteiger partial charge >= 0.3 is 0 Å². The molecule has 2 heterocycles. The first kappa shape index (κ1) is 13.1. The lowest BCUT2D eigenvalue weighted by Crippen LogP contribution is -2.27. The number of hydrogen-bond donors (Lipinski definition) is 1. The van der Waals surface area contributed by atoms with Gasteiger partial charge in [-0.2, -0.15) is 0 Å². The molecular weight excluding hydrogens is 260 g/mol. The average molecular weight is 280 g/mol. The van der Waals surface area contributed by atoms with Crippen LogP contribution in [0.5, 0.6) is 5.75 Å². The Morgan fingerprint density at radius 1 is 1.42 bits per heavy atom. The number of ether oxygens (including phenoxy) is 2. The molecule has 0 bridgehead atoms. The fraction of sp³-hybridized carbons (Fsp3) is 0.571. The fourth-order valence-corrected chi connectivity index (χ4v) is 3.54. The number of hydrogen-bond acceptors (Lipinski definition) is 5. The molecule has 0 aromatic heterocycles. The minimum absolute atomic E-state index is 0.385. The van der Waals surface area contributed by atoms with Crippen LogP contribution in [0.1, 0.15) is 12.8 Å². The summed E-state index contributed by atoms with van der Waals surface area (Å²) in [5.74, 6) is 0.842. The van der Waals surface area contributed by atoms with Crippen molar-refractivity contribution >= 4 is 17.6 Å². The Hall–Kier alpha value is -0.910. The van der Waals surface area contributed by atoms with Crippen molar-refractivity contribution in [3.05, 3.63) is 18.2 Å². The molecule has 2 aliphatic rings. The first-order valence-electron chi connectivity index (χ1n) is 6.64. The van der Waals surface area contributed by atoms with Crippen LogP contribution in [0.4, 0.5) is 5.69 Å².